The zero-order chi connectivity index (χ0) is 22.4. The van der Waals surface area contributed by atoms with Crippen LogP contribution in [0.25, 0.3) is 11.4 Å². The van der Waals surface area contributed by atoms with Gasteiger partial charge in [-0.25, -0.2) is 13.7 Å². The van der Waals surface area contributed by atoms with Crippen LogP contribution in [-0.4, -0.2) is 46.2 Å². The van der Waals surface area contributed by atoms with Gasteiger partial charge in [0, 0.05) is 11.6 Å². The second-order valence-corrected chi connectivity index (χ2v) is 7.04. The molecule has 0 aliphatic carbocycles. The number of aromatic nitrogens is 2. The standard InChI is InChI=1S/C20H14F2N6O4/c1-31-12-5-2-10(3-6-12)18-23-15(32-25-18)9-27-17-16(24-26-27)19(29)28(20(17)30)11-4-7-13(21)14(22)8-11/h2-8,16-17H,9H2,1H3/t16-,17-/m0/s1. The average molecular weight is 440 g/mol. The van der Waals surface area contributed by atoms with E-state index in [-0.39, 0.29) is 18.1 Å². The molecule has 1 aromatic heterocycles. The lowest BCUT2D eigenvalue weighted by Crippen LogP contribution is -2.39. The molecule has 162 valence electrons. The molecule has 10 nitrogen and oxygen atoms in total. The van der Waals surface area contributed by atoms with Crippen LogP contribution < -0.4 is 9.64 Å². The van der Waals surface area contributed by atoms with Crippen molar-refractivity contribution in [2.24, 2.45) is 10.3 Å². The fourth-order valence-corrected chi connectivity index (χ4v) is 3.55. The maximum Gasteiger partial charge on any atom is 0.263 e. The van der Waals surface area contributed by atoms with Crippen LogP contribution in [-0.2, 0) is 16.1 Å². The summed E-state index contributed by atoms with van der Waals surface area (Å²) in [4.78, 5) is 30.7. The van der Waals surface area contributed by atoms with Crippen LogP contribution in [0.1, 0.15) is 5.89 Å². The number of ether oxygens (including phenoxy) is 1. The molecule has 32 heavy (non-hydrogen) atoms. The van der Waals surface area contributed by atoms with E-state index < -0.39 is 35.5 Å². The quantitative estimate of drug-likeness (QED) is 0.560. The van der Waals surface area contributed by atoms with Crippen molar-refractivity contribution in [3.05, 3.63) is 60.0 Å². The molecule has 3 heterocycles. The lowest BCUT2D eigenvalue weighted by atomic mass is 10.1. The van der Waals surface area contributed by atoms with E-state index in [2.05, 4.69) is 20.5 Å². The number of hydrogen-bond acceptors (Lipinski definition) is 9. The van der Waals surface area contributed by atoms with Gasteiger partial charge in [0.1, 0.15) is 12.3 Å². The molecule has 12 heteroatoms. The third kappa shape index (κ3) is 3.16. The molecule has 3 aromatic rings. The van der Waals surface area contributed by atoms with Crippen molar-refractivity contribution in [2.45, 2.75) is 18.6 Å². The lowest BCUT2D eigenvalue weighted by molar-refractivity contribution is -0.123. The monoisotopic (exact) mass is 440 g/mol. The third-order valence-corrected chi connectivity index (χ3v) is 5.13. The molecule has 2 aliphatic rings. The number of carbonyl (C=O) groups excluding carboxylic acids is 2. The highest BCUT2D eigenvalue weighted by Crippen LogP contribution is 2.33. The Labute approximate surface area is 179 Å². The van der Waals surface area contributed by atoms with E-state index in [4.69, 9.17) is 9.26 Å². The number of methoxy groups -OCH3 is 1. The predicted molar refractivity (Wildman–Crippen MR) is 103 cm³/mol. The molecule has 0 N–H and O–H groups in total. The number of anilines is 1. The Morgan fingerprint density at radius 3 is 2.56 bits per heavy atom. The van der Waals surface area contributed by atoms with Gasteiger partial charge in [-0.15, -0.1) is 0 Å². The Balaban J connectivity index is 1.35. The summed E-state index contributed by atoms with van der Waals surface area (Å²) in [5, 5.41) is 12.9. The van der Waals surface area contributed by atoms with Crippen LogP contribution in [0.15, 0.2) is 57.3 Å². The Hall–Kier alpha value is -4.22. The summed E-state index contributed by atoms with van der Waals surface area (Å²) in [5.41, 5.74) is 0.612. The number of benzene rings is 2. The second kappa shape index (κ2) is 7.48. The number of nitrogens with zero attached hydrogens (tertiary/aromatic N) is 6. The summed E-state index contributed by atoms with van der Waals surface area (Å²) in [6.07, 6.45) is 0. The zero-order valence-electron chi connectivity index (χ0n) is 16.5. The molecule has 1 fully saturated rings. The lowest BCUT2D eigenvalue weighted by Gasteiger charge is -2.19. The van der Waals surface area contributed by atoms with Gasteiger partial charge in [0.05, 0.1) is 12.8 Å². The van der Waals surface area contributed by atoms with Gasteiger partial charge in [-0.1, -0.05) is 10.4 Å². The van der Waals surface area contributed by atoms with Crippen LogP contribution in [0, 0.1) is 11.6 Å². The first-order valence-electron chi connectivity index (χ1n) is 9.43. The summed E-state index contributed by atoms with van der Waals surface area (Å²) in [7, 11) is 1.56. The van der Waals surface area contributed by atoms with Crippen molar-refractivity contribution >= 4 is 17.5 Å². The Bertz CT molecular complexity index is 1250. The summed E-state index contributed by atoms with van der Waals surface area (Å²) in [6.45, 7) is -0.0710. The molecule has 0 spiro atoms. The maximum absolute atomic E-state index is 13.6. The van der Waals surface area contributed by atoms with Crippen molar-refractivity contribution < 1.29 is 27.6 Å². The first-order chi connectivity index (χ1) is 15.5. The van der Waals surface area contributed by atoms with Gasteiger partial charge < -0.3 is 9.26 Å². The number of imide groups is 1. The van der Waals surface area contributed by atoms with Crippen molar-refractivity contribution in [3.8, 4) is 17.1 Å². The fourth-order valence-electron chi connectivity index (χ4n) is 3.55. The van der Waals surface area contributed by atoms with E-state index in [0.717, 1.165) is 23.1 Å². The minimum absolute atomic E-state index is 0.0710. The highest BCUT2D eigenvalue weighted by molar-refractivity contribution is 6.25. The molecular weight excluding hydrogens is 426 g/mol. The van der Waals surface area contributed by atoms with Crippen molar-refractivity contribution in [3.63, 3.8) is 0 Å². The van der Waals surface area contributed by atoms with Crippen LogP contribution in [0.3, 0.4) is 0 Å². The van der Waals surface area contributed by atoms with E-state index in [9.17, 15) is 18.4 Å². The molecule has 2 atom stereocenters. The fraction of sp³-hybridized carbons (Fsp3) is 0.200. The topological polar surface area (TPSA) is 113 Å². The number of carbonyl (C=O) groups is 2. The highest BCUT2D eigenvalue weighted by Gasteiger charge is 2.55. The Morgan fingerprint density at radius 1 is 1.06 bits per heavy atom. The molecule has 2 aromatic carbocycles. The molecule has 2 aliphatic heterocycles. The number of halogens is 2. The average Bonchev–Trinajstić information content (AvgIpc) is 3.49. The molecule has 0 bridgehead atoms. The minimum Gasteiger partial charge on any atom is -0.497 e. The normalized spacial score (nSPS) is 19.7. The maximum atomic E-state index is 13.6. The smallest absolute Gasteiger partial charge is 0.263 e. The van der Waals surface area contributed by atoms with Crippen molar-refractivity contribution in [1.29, 1.82) is 0 Å². The van der Waals surface area contributed by atoms with Gasteiger partial charge in [-0.3, -0.25) is 14.6 Å². The van der Waals surface area contributed by atoms with E-state index in [1.807, 2.05) is 0 Å². The van der Waals surface area contributed by atoms with Gasteiger partial charge in [-0.05, 0) is 36.4 Å². The highest BCUT2D eigenvalue weighted by atomic mass is 19.2. The van der Waals surface area contributed by atoms with Crippen molar-refractivity contribution in [1.82, 2.24) is 15.1 Å². The van der Waals surface area contributed by atoms with E-state index in [1.165, 1.54) is 5.01 Å². The van der Waals surface area contributed by atoms with Crippen LogP contribution in [0.2, 0.25) is 0 Å². The zero-order valence-corrected chi connectivity index (χ0v) is 16.5. The molecule has 0 unspecified atom stereocenters. The third-order valence-electron chi connectivity index (χ3n) is 5.13. The number of rotatable bonds is 5. The van der Waals surface area contributed by atoms with Crippen LogP contribution >= 0.6 is 0 Å². The van der Waals surface area contributed by atoms with E-state index in [1.54, 1.807) is 31.4 Å². The second-order valence-electron chi connectivity index (χ2n) is 7.04. The van der Waals surface area contributed by atoms with Crippen molar-refractivity contribution in [2.75, 3.05) is 12.0 Å². The molecule has 1 saturated heterocycles. The molecule has 5 rings (SSSR count). The summed E-state index contributed by atoms with van der Waals surface area (Å²) in [6, 6.07) is 7.66. The largest absolute Gasteiger partial charge is 0.497 e. The van der Waals surface area contributed by atoms with Gasteiger partial charge in [0.25, 0.3) is 11.8 Å². The summed E-state index contributed by atoms with van der Waals surface area (Å²) < 4.78 is 37.2. The van der Waals surface area contributed by atoms with Gasteiger partial charge >= 0.3 is 0 Å². The van der Waals surface area contributed by atoms with Gasteiger partial charge in [0.15, 0.2) is 23.7 Å². The van der Waals surface area contributed by atoms with Gasteiger partial charge in [0.2, 0.25) is 11.7 Å². The summed E-state index contributed by atoms with van der Waals surface area (Å²) in [5.74, 6) is -2.44. The number of amides is 2. The minimum atomic E-state index is -1.17. The first kappa shape index (κ1) is 19.7. The molecule has 0 radical (unpaired) electrons. The molecule has 2 amide bonds. The predicted octanol–water partition coefficient (Wildman–Crippen LogP) is 2.52. The van der Waals surface area contributed by atoms with E-state index >= 15 is 0 Å². The van der Waals surface area contributed by atoms with Crippen LogP contribution in [0.4, 0.5) is 14.5 Å². The Kier molecular flexibility index (Phi) is 4.61. The first-order valence-corrected chi connectivity index (χ1v) is 9.43. The number of fused-ring (bicyclic) bond motifs is 1. The SMILES string of the molecule is COc1ccc(-c2noc(CN3N=N[C@@H]4C(=O)N(c5ccc(F)c(F)c5)C(=O)[C@H]43)n2)cc1. The van der Waals surface area contributed by atoms with Crippen LogP contribution in [0.5, 0.6) is 5.75 Å². The van der Waals surface area contributed by atoms with E-state index in [0.29, 0.717) is 17.1 Å². The molecular formula is C20H14F2N6O4. The number of hydrogen-bond donors (Lipinski definition) is 0. The van der Waals surface area contributed by atoms with Gasteiger partial charge in [-0.2, -0.15) is 10.1 Å². The molecule has 0 saturated carbocycles. The summed E-state index contributed by atoms with van der Waals surface area (Å²) >= 11 is 0. The Morgan fingerprint density at radius 2 is 1.84 bits per heavy atom.